The lowest BCUT2D eigenvalue weighted by Gasteiger charge is -2.30. The molecular formula is C24H30N2O4. The Morgan fingerprint density at radius 2 is 1.73 bits per heavy atom. The first kappa shape index (κ1) is 21.9. The van der Waals surface area contributed by atoms with Crippen molar-refractivity contribution in [3.8, 4) is 0 Å². The fraction of sp³-hybridized carbons (Fsp3) is 0.500. The second kappa shape index (κ2) is 8.54. The number of aliphatic hydroxyl groups is 1. The van der Waals surface area contributed by atoms with Crippen LogP contribution in [0.1, 0.15) is 80.5 Å². The molecule has 1 atom stereocenters. The van der Waals surface area contributed by atoms with Crippen LogP contribution in [0.4, 0.5) is 0 Å². The molecule has 1 aromatic rings. The molecule has 0 saturated heterocycles. The molecule has 2 amide bonds. The van der Waals surface area contributed by atoms with Crippen molar-refractivity contribution in [3.05, 3.63) is 46.7 Å². The number of allylic oxidation sites excluding steroid dienone is 2. The van der Waals surface area contributed by atoms with Crippen molar-refractivity contribution in [3.63, 3.8) is 0 Å². The fourth-order valence-electron chi connectivity index (χ4n) is 4.07. The molecular weight excluding hydrogens is 380 g/mol. The molecule has 0 radical (unpaired) electrons. The zero-order chi connectivity index (χ0) is 22.1. The summed E-state index contributed by atoms with van der Waals surface area (Å²) < 4.78 is 0. The van der Waals surface area contributed by atoms with Crippen LogP contribution >= 0.6 is 0 Å². The number of hydrogen-bond acceptors (Lipinski definition) is 5. The lowest BCUT2D eigenvalue weighted by atomic mass is 9.75. The Bertz CT molecular complexity index is 907. The Morgan fingerprint density at radius 3 is 2.27 bits per heavy atom. The number of aliphatic imine (C=N–C) groups is 1. The molecule has 0 spiro atoms. The van der Waals surface area contributed by atoms with Crippen LogP contribution in [0.15, 0.2) is 40.6 Å². The van der Waals surface area contributed by atoms with E-state index < -0.39 is 0 Å². The quantitative estimate of drug-likeness (QED) is 0.529. The standard InChI is InChI=1S/C24H30N2O4/c1-5-15(2)25-18(21-19(27)13-24(3,4)14-20(21)28)11-8-12-26-22(29)16-9-6-7-10-17(16)23(26)30/h6-7,9-10,15,27H,5,8,11-14H2,1-4H3/t15-/m0/s1. The molecule has 1 aliphatic carbocycles. The van der Waals surface area contributed by atoms with E-state index in [0.717, 1.165) is 6.42 Å². The van der Waals surface area contributed by atoms with E-state index in [0.29, 0.717) is 48.1 Å². The second-order valence-corrected chi connectivity index (χ2v) is 9.01. The molecule has 6 heteroatoms. The molecule has 1 heterocycles. The van der Waals surface area contributed by atoms with Crippen molar-refractivity contribution in [2.75, 3.05) is 6.54 Å². The first-order valence-electron chi connectivity index (χ1n) is 10.6. The van der Waals surface area contributed by atoms with Crippen LogP contribution in [0.3, 0.4) is 0 Å². The third-order valence-electron chi connectivity index (χ3n) is 5.78. The molecule has 0 fully saturated rings. The molecule has 0 bridgehead atoms. The maximum Gasteiger partial charge on any atom is 0.261 e. The molecule has 0 unspecified atom stereocenters. The average Bonchev–Trinajstić information content (AvgIpc) is 2.91. The van der Waals surface area contributed by atoms with Gasteiger partial charge in [0, 0.05) is 31.1 Å². The van der Waals surface area contributed by atoms with Crippen molar-refractivity contribution in [1.29, 1.82) is 0 Å². The minimum Gasteiger partial charge on any atom is -0.511 e. The van der Waals surface area contributed by atoms with E-state index in [4.69, 9.17) is 4.99 Å². The molecule has 30 heavy (non-hydrogen) atoms. The Labute approximate surface area is 177 Å². The van der Waals surface area contributed by atoms with Gasteiger partial charge in [-0.3, -0.25) is 24.3 Å². The number of carbonyl (C=O) groups is 3. The maximum absolute atomic E-state index is 12.8. The molecule has 1 N–H and O–H groups in total. The highest BCUT2D eigenvalue weighted by Crippen LogP contribution is 2.36. The summed E-state index contributed by atoms with van der Waals surface area (Å²) in [5.41, 5.74) is 1.50. The minimum atomic E-state index is -0.284. The van der Waals surface area contributed by atoms with Crippen LogP contribution in [0.2, 0.25) is 0 Å². The van der Waals surface area contributed by atoms with Gasteiger partial charge >= 0.3 is 0 Å². The van der Waals surface area contributed by atoms with Gasteiger partial charge < -0.3 is 5.11 Å². The first-order valence-corrected chi connectivity index (χ1v) is 10.6. The molecule has 0 aromatic heterocycles. The predicted molar refractivity (Wildman–Crippen MR) is 116 cm³/mol. The lowest BCUT2D eigenvalue weighted by molar-refractivity contribution is -0.118. The zero-order valence-electron chi connectivity index (χ0n) is 18.2. The summed E-state index contributed by atoms with van der Waals surface area (Å²) in [6.45, 7) is 8.17. The van der Waals surface area contributed by atoms with Gasteiger partial charge in [0.15, 0.2) is 5.78 Å². The van der Waals surface area contributed by atoms with E-state index >= 15 is 0 Å². The van der Waals surface area contributed by atoms with Crippen LogP contribution in [0, 0.1) is 5.41 Å². The Kier molecular flexibility index (Phi) is 6.25. The largest absolute Gasteiger partial charge is 0.511 e. The van der Waals surface area contributed by atoms with Crippen LogP contribution in [0.5, 0.6) is 0 Å². The number of nitrogens with zero attached hydrogens (tertiary/aromatic N) is 2. The van der Waals surface area contributed by atoms with Gasteiger partial charge in [0.25, 0.3) is 11.8 Å². The summed E-state index contributed by atoms with van der Waals surface area (Å²) in [5.74, 6) is -0.562. The van der Waals surface area contributed by atoms with Crippen molar-refractivity contribution >= 4 is 23.3 Å². The normalized spacial score (nSPS) is 20.1. The van der Waals surface area contributed by atoms with Crippen LogP contribution in [0.25, 0.3) is 0 Å². The number of hydrogen-bond donors (Lipinski definition) is 1. The van der Waals surface area contributed by atoms with E-state index in [-0.39, 0.29) is 41.4 Å². The van der Waals surface area contributed by atoms with Crippen LogP contribution in [-0.2, 0) is 4.79 Å². The number of ketones is 1. The van der Waals surface area contributed by atoms with Gasteiger partial charge in [0.1, 0.15) is 5.76 Å². The van der Waals surface area contributed by atoms with Crippen molar-refractivity contribution in [2.45, 2.75) is 65.8 Å². The number of rotatable bonds is 7. The van der Waals surface area contributed by atoms with E-state index in [1.54, 1.807) is 24.3 Å². The smallest absolute Gasteiger partial charge is 0.261 e. The summed E-state index contributed by atoms with van der Waals surface area (Å²) in [7, 11) is 0. The van der Waals surface area contributed by atoms with Gasteiger partial charge in [-0.05, 0) is 43.7 Å². The highest BCUT2D eigenvalue weighted by molar-refractivity contribution is 6.23. The third-order valence-corrected chi connectivity index (χ3v) is 5.78. The second-order valence-electron chi connectivity index (χ2n) is 9.01. The van der Waals surface area contributed by atoms with Gasteiger partial charge in [-0.1, -0.05) is 32.9 Å². The number of amides is 2. The van der Waals surface area contributed by atoms with Gasteiger partial charge in [-0.25, -0.2) is 0 Å². The first-order chi connectivity index (χ1) is 14.1. The Balaban J connectivity index is 1.77. The zero-order valence-corrected chi connectivity index (χ0v) is 18.2. The summed E-state index contributed by atoms with van der Waals surface area (Å²) in [5, 5.41) is 10.6. The molecule has 1 aliphatic heterocycles. The number of Topliss-reactive ketones (excluding diaryl/α,β-unsaturated/α-hetero) is 1. The molecule has 3 rings (SSSR count). The summed E-state index contributed by atoms with van der Waals surface area (Å²) >= 11 is 0. The number of benzene rings is 1. The van der Waals surface area contributed by atoms with Gasteiger partial charge in [-0.15, -0.1) is 0 Å². The van der Waals surface area contributed by atoms with Crippen molar-refractivity contribution < 1.29 is 19.5 Å². The topological polar surface area (TPSA) is 87.0 Å². The molecule has 1 aromatic carbocycles. The maximum atomic E-state index is 12.8. The average molecular weight is 411 g/mol. The SMILES string of the molecule is CC[C@H](C)N=C(CCCN1C(=O)c2ccccc2C1=O)C1=C(O)CC(C)(C)CC1=O. The highest BCUT2D eigenvalue weighted by atomic mass is 16.3. The molecule has 0 saturated carbocycles. The lowest BCUT2D eigenvalue weighted by Crippen LogP contribution is -2.32. The highest BCUT2D eigenvalue weighted by Gasteiger charge is 2.36. The van der Waals surface area contributed by atoms with Crippen LogP contribution in [-0.4, -0.2) is 45.9 Å². The minimum absolute atomic E-state index is 0.0161. The van der Waals surface area contributed by atoms with Crippen LogP contribution < -0.4 is 0 Å². The van der Waals surface area contributed by atoms with Crippen molar-refractivity contribution in [1.82, 2.24) is 4.90 Å². The number of fused-ring (bicyclic) bond motifs is 1. The number of imide groups is 1. The van der Waals surface area contributed by atoms with E-state index in [2.05, 4.69) is 0 Å². The molecule has 6 nitrogen and oxygen atoms in total. The number of aliphatic hydroxyl groups excluding tert-OH is 1. The predicted octanol–water partition coefficient (Wildman–Crippen LogP) is 4.50. The Hall–Kier alpha value is -2.76. The van der Waals surface area contributed by atoms with E-state index in [9.17, 15) is 19.5 Å². The van der Waals surface area contributed by atoms with E-state index in [1.807, 2.05) is 27.7 Å². The third kappa shape index (κ3) is 4.37. The van der Waals surface area contributed by atoms with Gasteiger partial charge in [0.2, 0.25) is 0 Å². The van der Waals surface area contributed by atoms with E-state index in [1.165, 1.54) is 4.90 Å². The molecule has 160 valence electrons. The Morgan fingerprint density at radius 1 is 1.13 bits per heavy atom. The van der Waals surface area contributed by atoms with Crippen molar-refractivity contribution in [2.24, 2.45) is 10.4 Å². The summed E-state index contributed by atoms with van der Waals surface area (Å²) in [6, 6.07) is 6.83. The number of carbonyl (C=O) groups excluding carboxylic acids is 3. The monoisotopic (exact) mass is 410 g/mol. The van der Waals surface area contributed by atoms with Gasteiger partial charge in [0.05, 0.1) is 16.7 Å². The molecule has 2 aliphatic rings. The summed E-state index contributed by atoms with van der Waals surface area (Å²) in [6.07, 6.45) is 2.52. The fourth-order valence-corrected chi connectivity index (χ4v) is 4.07. The summed E-state index contributed by atoms with van der Waals surface area (Å²) in [4.78, 5) is 43.9. The van der Waals surface area contributed by atoms with Gasteiger partial charge in [-0.2, -0.15) is 0 Å².